The first-order valence-corrected chi connectivity index (χ1v) is 8.71. The molecule has 1 aromatic rings. The second-order valence-electron chi connectivity index (χ2n) is 6.55. The molecule has 0 saturated carbocycles. The molecule has 0 bridgehead atoms. The number of ether oxygens (including phenoxy) is 1. The molecule has 2 aliphatic rings. The van der Waals surface area contributed by atoms with Gasteiger partial charge in [-0.1, -0.05) is 0 Å². The van der Waals surface area contributed by atoms with Crippen molar-refractivity contribution in [2.45, 2.75) is 32.4 Å². The van der Waals surface area contributed by atoms with Crippen molar-refractivity contribution in [2.75, 3.05) is 37.7 Å². The number of aromatic nitrogens is 1. The van der Waals surface area contributed by atoms with E-state index < -0.39 is 6.03 Å². The summed E-state index contributed by atoms with van der Waals surface area (Å²) in [6.45, 7) is 8.21. The highest BCUT2D eigenvalue weighted by molar-refractivity contribution is 6.05. The monoisotopic (exact) mass is 419 g/mol. The summed E-state index contributed by atoms with van der Waals surface area (Å²) in [7, 11) is 0. The maximum atomic E-state index is 11.8. The number of urea groups is 1. The predicted octanol–water partition coefficient (Wildman–Crippen LogP) is 1.43. The number of imide groups is 1. The standard InChI is InChI=1S/C17H25N5O3.2ClH/c1-12-9-18-10-13(2)21(12)7-8-25-16-4-3-14(11-19-16)22-6-5-15(23)20-17(22)24;;/h3-4,11-13,18H,5-10H2,1-2H3,(H,20,23,24);2*1H/t12-,13+;;. The molecule has 2 fully saturated rings. The average molecular weight is 420 g/mol. The molecule has 27 heavy (non-hydrogen) atoms. The Balaban J connectivity index is 0.00000182. The van der Waals surface area contributed by atoms with Crippen molar-refractivity contribution >= 4 is 42.4 Å². The van der Waals surface area contributed by atoms with E-state index in [9.17, 15) is 9.59 Å². The van der Waals surface area contributed by atoms with E-state index in [1.54, 1.807) is 18.3 Å². The second-order valence-corrected chi connectivity index (χ2v) is 6.55. The number of rotatable bonds is 5. The van der Waals surface area contributed by atoms with E-state index >= 15 is 0 Å². The topological polar surface area (TPSA) is 86.8 Å². The van der Waals surface area contributed by atoms with Gasteiger partial charge in [0.2, 0.25) is 11.8 Å². The molecule has 2 N–H and O–H groups in total. The van der Waals surface area contributed by atoms with E-state index in [4.69, 9.17) is 4.74 Å². The van der Waals surface area contributed by atoms with Crippen LogP contribution in [0.25, 0.3) is 0 Å². The van der Waals surface area contributed by atoms with Crippen LogP contribution < -0.4 is 20.3 Å². The van der Waals surface area contributed by atoms with Crippen molar-refractivity contribution in [3.63, 3.8) is 0 Å². The first-order valence-electron chi connectivity index (χ1n) is 8.71. The van der Waals surface area contributed by atoms with E-state index in [0.717, 1.165) is 19.6 Å². The lowest BCUT2D eigenvalue weighted by molar-refractivity contribution is -0.120. The normalized spacial score (nSPS) is 23.1. The molecule has 152 valence electrons. The molecule has 0 spiro atoms. The van der Waals surface area contributed by atoms with E-state index in [0.29, 0.717) is 43.2 Å². The third-order valence-electron chi connectivity index (χ3n) is 4.70. The highest BCUT2D eigenvalue weighted by atomic mass is 35.5. The molecule has 2 aliphatic heterocycles. The molecule has 2 atom stereocenters. The van der Waals surface area contributed by atoms with Crippen LogP contribution in [-0.4, -0.2) is 66.7 Å². The van der Waals surface area contributed by atoms with Gasteiger partial charge < -0.3 is 10.1 Å². The molecular formula is C17H27Cl2N5O3. The molecule has 2 saturated heterocycles. The van der Waals surface area contributed by atoms with Gasteiger partial charge in [-0.25, -0.2) is 9.78 Å². The Morgan fingerprint density at radius 1 is 1.19 bits per heavy atom. The number of carbonyl (C=O) groups excluding carboxylic acids is 2. The van der Waals surface area contributed by atoms with Gasteiger partial charge in [0.25, 0.3) is 0 Å². The number of halogens is 2. The van der Waals surface area contributed by atoms with Crippen LogP contribution in [0.15, 0.2) is 18.3 Å². The number of nitrogens with one attached hydrogen (secondary N) is 2. The highest BCUT2D eigenvalue weighted by Crippen LogP contribution is 2.18. The van der Waals surface area contributed by atoms with Crippen molar-refractivity contribution in [3.8, 4) is 5.88 Å². The zero-order chi connectivity index (χ0) is 17.8. The molecular weight excluding hydrogens is 393 g/mol. The van der Waals surface area contributed by atoms with Crippen LogP contribution in [0.3, 0.4) is 0 Å². The number of amides is 3. The van der Waals surface area contributed by atoms with Crippen LogP contribution in [0.1, 0.15) is 20.3 Å². The molecule has 1 aromatic heterocycles. The average Bonchev–Trinajstić information content (AvgIpc) is 2.58. The first kappa shape index (κ1) is 23.4. The lowest BCUT2D eigenvalue weighted by atomic mass is 10.1. The van der Waals surface area contributed by atoms with Crippen LogP contribution in [0, 0.1) is 0 Å². The molecule has 0 unspecified atom stereocenters. The van der Waals surface area contributed by atoms with Crippen LogP contribution >= 0.6 is 24.8 Å². The molecule has 10 heteroatoms. The number of hydrogen-bond donors (Lipinski definition) is 2. The maximum absolute atomic E-state index is 11.8. The highest BCUT2D eigenvalue weighted by Gasteiger charge is 2.25. The lowest BCUT2D eigenvalue weighted by Crippen LogP contribution is -2.55. The van der Waals surface area contributed by atoms with Crippen LogP contribution in [0.4, 0.5) is 10.5 Å². The lowest BCUT2D eigenvalue weighted by Gasteiger charge is -2.39. The number of anilines is 1. The predicted molar refractivity (Wildman–Crippen MR) is 108 cm³/mol. The maximum Gasteiger partial charge on any atom is 0.328 e. The van der Waals surface area contributed by atoms with Crippen LogP contribution in [-0.2, 0) is 4.79 Å². The SMILES string of the molecule is C[C@@H]1CNC[C@H](C)N1CCOc1ccc(N2CCC(=O)NC2=O)cn1.Cl.Cl. The first-order chi connectivity index (χ1) is 12.0. The summed E-state index contributed by atoms with van der Waals surface area (Å²) in [6.07, 6.45) is 1.89. The number of piperazine rings is 1. The van der Waals surface area contributed by atoms with Crippen LogP contribution in [0.5, 0.6) is 5.88 Å². The van der Waals surface area contributed by atoms with Gasteiger partial charge in [0.15, 0.2) is 0 Å². The molecule has 3 amide bonds. The van der Waals surface area contributed by atoms with E-state index in [-0.39, 0.29) is 30.7 Å². The molecule has 0 aliphatic carbocycles. The van der Waals surface area contributed by atoms with Crippen LogP contribution in [0.2, 0.25) is 0 Å². The number of carbonyl (C=O) groups is 2. The minimum absolute atomic E-state index is 0. The Bertz CT molecular complexity index is 621. The fourth-order valence-corrected chi connectivity index (χ4v) is 3.29. The fraction of sp³-hybridized carbons (Fsp3) is 0.588. The zero-order valence-electron chi connectivity index (χ0n) is 15.5. The zero-order valence-corrected chi connectivity index (χ0v) is 17.1. The largest absolute Gasteiger partial charge is 0.476 e. The molecule has 3 rings (SSSR count). The molecule has 3 heterocycles. The Morgan fingerprint density at radius 2 is 1.89 bits per heavy atom. The fourth-order valence-electron chi connectivity index (χ4n) is 3.29. The van der Waals surface area contributed by atoms with Gasteiger partial charge in [0.1, 0.15) is 6.61 Å². The Hall–Kier alpha value is -1.61. The summed E-state index contributed by atoms with van der Waals surface area (Å²) >= 11 is 0. The number of pyridine rings is 1. The smallest absolute Gasteiger partial charge is 0.328 e. The van der Waals surface area contributed by atoms with E-state index in [1.807, 2.05) is 0 Å². The second kappa shape index (κ2) is 10.7. The minimum Gasteiger partial charge on any atom is -0.476 e. The summed E-state index contributed by atoms with van der Waals surface area (Å²) in [5, 5.41) is 5.71. The summed E-state index contributed by atoms with van der Waals surface area (Å²) in [6, 6.07) is 4.11. The minimum atomic E-state index is -0.409. The Kier molecular flexibility index (Phi) is 9.25. The van der Waals surface area contributed by atoms with Gasteiger partial charge in [0.05, 0.1) is 11.9 Å². The van der Waals surface area contributed by atoms with Gasteiger partial charge >= 0.3 is 6.03 Å². The Morgan fingerprint density at radius 3 is 2.48 bits per heavy atom. The third-order valence-corrected chi connectivity index (χ3v) is 4.70. The van der Waals surface area contributed by atoms with Crippen molar-refractivity contribution in [1.29, 1.82) is 0 Å². The summed E-state index contributed by atoms with van der Waals surface area (Å²) in [5.74, 6) is 0.290. The third kappa shape index (κ3) is 5.93. The van der Waals surface area contributed by atoms with E-state index in [2.05, 4.69) is 34.4 Å². The van der Waals surface area contributed by atoms with Gasteiger partial charge in [-0.3, -0.25) is 19.9 Å². The van der Waals surface area contributed by atoms with Crippen molar-refractivity contribution in [3.05, 3.63) is 18.3 Å². The van der Waals surface area contributed by atoms with Gasteiger partial charge in [-0.2, -0.15) is 0 Å². The number of nitrogens with zero attached hydrogens (tertiary/aromatic N) is 3. The quantitative estimate of drug-likeness (QED) is 0.750. The van der Waals surface area contributed by atoms with Gasteiger partial charge in [-0.05, 0) is 19.9 Å². The van der Waals surface area contributed by atoms with Gasteiger partial charge in [0, 0.05) is 50.7 Å². The Labute approximate surface area is 171 Å². The van der Waals surface area contributed by atoms with Crippen molar-refractivity contribution in [2.24, 2.45) is 0 Å². The van der Waals surface area contributed by atoms with E-state index in [1.165, 1.54) is 4.90 Å². The molecule has 8 nitrogen and oxygen atoms in total. The number of hydrogen-bond acceptors (Lipinski definition) is 6. The summed E-state index contributed by atoms with van der Waals surface area (Å²) < 4.78 is 5.75. The van der Waals surface area contributed by atoms with Crippen molar-refractivity contribution in [1.82, 2.24) is 20.5 Å². The van der Waals surface area contributed by atoms with Crippen molar-refractivity contribution < 1.29 is 14.3 Å². The molecule has 0 aromatic carbocycles. The molecule has 0 radical (unpaired) electrons. The summed E-state index contributed by atoms with van der Waals surface area (Å²) in [5.41, 5.74) is 0.654. The summed E-state index contributed by atoms with van der Waals surface area (Å²) in [4.78, 5) is 31.2. The van der Waals surface area contributed by atoms with Gasteiger partial charge in [-0.15, -0.1) is 24.8 Å².